The molecule has 1 aliphatic heterocycles. The molecule has 0 saturated heterocycles. The molecule has 2 amide bonds. The lowest BCUT2D eigenvalue weighted by Crippen LogP contribution is -2.39. The molecule has 1 aliphatic rings. The Bertz CT molecular complexity index is 1010. The molecule has 2 N–H and O–H groups in total. The zero-order valence-corrected chi connectivity index (χ0v) is 17.5. The third-order valence-electron chi connectivity index (χ3n) is 4.79. The molecule has 0 saturated carbocycles. The smallest absolute Gasteiger partial charge is 0.236 e. The Balaban J connectivity index is 1.50. The van der Waals surface area contributed by atoms with Crippen LogP contribution in [0.3, 0.4) is 0 Å². The van der Waals surface area contributed by atoms with E-state index >= 15 is 0 Å². The Labute approximate surface area is 176 Å². The zero-order chi connectivity index (χ0) is 20.4. The van der Waals surface area contributed by atoms with Crippen molar-refractivity contribution in [2.45, 2.75) is 43.3 Å². The first kappa shape index (κ1) is 19.7. The Morgan fingerprint density at radius 2 is 2.24 bits per heavy atom. The van der Waals surface area contributed by atoms with E-state index in [-0.39, 0.29) is 17.6 Å². The topological polar surface area (TPSA) is 107 Å². The van der Waals surface area contributed by atoms with Gasteiger partial charge in [0.1, 0.15) is 0 Å². The number of fused-ring (bicyclic) bond motifs is 1. The van der Waals surface area contributed by atoms with Crippen molar-refractivity contribution in [3.8, 4) is 11.6 Å². The summed E-state index contributed by atoms with van der Waals surface area (Å²) >= 11 is 3.08. The van der Waals surface area contributed by atoms with Crippen LogP contribution in [-0.2, 0) is 29.1 Å². The Morgan fingerprint density at radius 3 is 3.00 bits per heavy atom. The fourth-order valence-electron chi connectivity index (χ4n) is 3.29. The molecule has 1 atom stereocenters. The fraction of sp³-hybridized carbons (Fsp3) is 0.368. The molecule has 0 bridgehead atoms. The highest BCUT2D eigenvalue weighted by Gasteiger charge is 2.28. The summed E-state index contributed by atoms with van der Waals surface area (Å²) in [6, 6.07) is 5.63. The van der Waals surface area contributed by atoms with Crippen LogP contribution >= 0.6 is 23.1 Å². The molecular formula is C19H21N5O3S2. The van der Waals surface area contributed by atoms with Crippen LogP contribution in [0.15, 0.2) is 39.4 Å². The molecule has 0 spiro atoms. The number of carbonyl (C=O) groups is 2. The number of carbonyl (C=O) groups excluding carboxylic acids is 2. The van der Waals surface area contributed by atoms with Gasteiger partial charge in [-0.1, -0.05) is 11.8 Å². The van der Waals surface area contributed by atoms with E-state index in [4.69, 9.17) is 10.2 Å². The van der Waals surface area contributed by atoms with Crippen molar-refractivity contribution in [3.05, 3.63) is 40.3 Å². The molecule has 10 heteroatoms. The lowest BCUT2D eigenvalue weighted by atomic mass is 10.1. The van der Waals surface area contributed by atoms with E-state index in [9.17, 15) is 9.59 Å². The summed E-state index contributed by atoms with van der Waals surface area (Å²) in [5.74, 6) is 0.716. The average Bonchev–Trinajstić information content (AvgIpc) is 3.45. The first-order chi connectivity index (χ1) is 14.0. The van der Waals surface area contributed by atoms with Gasteiger partial charge in [0.15, 0.2) is 16.7 Å². The second kappa shape index (κ2) is 8.42. The maximum Gasteiger partial charge on any atom is 0.236 e. The minimum atomic E-state index is -0.413. The van der Waals surface area contributed by atoms with Gasteiger partial charge in [-0.3, -0.25) is 14.2 Å². The molecule has 4 rings (SSSR count). The van der Waals surface area contributed by atoms with E-state index in [0.29, 0.717) is 29.8 Å². The Morgan fingerprint density at radius 1 is 1.38 bits per heavy atom. The third-order valence-corrected chi connectivity index (χ3v) is 6.88. The molecule has 4 heterocycles. The predicted octanol–water partition coefficient (Wildman–Crippen LogP) is 2.54. The van der Waals surface area contributed by atoms with Gasteiger partial charge in [-0.05, 0) is 42.5 Å². The molecule has 3 aromatic heterocycles. The lowest BCUT2D eigenvalue weighted by Gasteiger charge is -2.29. The van der Waals surface area contributed by atoms with Gasteiger partial charge in [-0.2, -0.15) is 0 Å². The first-order valence-electron chi connectivity index (χ1n) is 9.29. The van der Waals surface area contributed by atoms with Crippen molar-refractivity contribution in [1.82, 2.24) is 19.7 Å². The van der Waals surface area contributed by atoms with E-state index < -0.39 is 5.91 Å². The minimum absolute atomic E-state index is 0.0656. The first-order valence-corrected chi connectivity index (χ1v) is 11.0. The number of nitrogens with two attached hydrogens (primary N) is 1. The third kappa shape index (κ3) is 4.23. The summed E-state index contributed by atoms with van der Waals surface area (Å²) in [5, 5.41) is 10.7. The number of amides is 2. The highest BCUT2D eigenvalue weighted by molar-refractivity contribution is 8.00. The molecule has 0 radical (unpaired) electrons. The van der Waals surface area contributed by atoms with Crippen molar-refractivity contribution < 1.29 is 14.0 Å². The number of nitrogens with zero attached hydrogens (tertiary/aromatic N) is 4. The number of primary amides is 1. The largest absolute Gasteiger partial charge is 0.461 e. The van der Waals surface area contributed by atoms with Gasteiger partial charge in [-0.25, -0.2) is 0 Å². The van der Waals surface area contributed by atoms with Gasteiger partial charge in [0, 0.05) is 30.9 Å². The lowest BCUT2D eigenvalue weighted by molar-refractivity contribution is -0.131. The molecular weight excluding hydrogens is 410 g/mol. The summed E-state index contributed by atoms with van der Waals surface area (Å²) < 4.78 is 7.21. The number of hydrogen-bond acceptors (Lipinski definition) is 7. The monoisotopic (exact) mass is 431 g/mol. The molecule has 8 nitrogen and oxygen atoms in total. The number of hydrogen-bond donors (Lipinski definition) is 1. The number of rotatable bonds is 7. The molecule has 1 unspecified atom stereocenters. The minimum Gasteiger partial charge on any atom is -0.461 e. The van der Waals surface area contributed by atoms with Crippen LogP contribution in [0.5, 0.6) is 0 Å². The van der Waals surface area contributed by atoms with Crippen LogP contribution in [0.4, 0.5) is 0 Å². The van der Waals surface area contributed by atoms with Crippen LogP contribution in [-0.4, -0.2) is 43.3 Å². The van der Waals surface area contributed by atoms with Gasteiger partial charge in [-0.15, -0.1) is 21.5 Å². The molecule has 0 aliphatic carbocycles. The van der Waals surface area contributed by atoms with Gasteiger partial charge < -0.3 is 15.1 Å². The second-order valence-electron chi connectivity index (χ2n) is 6.79. The summed E-state index contributed by atoms with van der Waals surface area (Å²) in [5.41, 5.74) is 6.55. The maximum atomic E-state index is 13.0. The van der Waals surface area contributed by atoms with Gasteiger partial charge in [0.25, 0.3) is 0 Å². The summed E-state index contributed by atoms with van der Waals surface area (Å²) in [6.07, 6.45) is 2.60. The number of furan rings is 1. The summed E-state index contributed by atoms with van der Waals surface area (Å²) in [6.45, 7) is 3.57. The highest BCUT2D eigenvalue weighted by atomic mass is 32.2. The molecule has 3 aromatic rings. The molecule has 152 valence electrons. The van der Waals surface area contributed by atoms with E-state index in [2.05, 4.69) is 21.6 Å². The number of aromatic nitrogens is 3. The summed E-state index contributed by atoms with van der Waals surface area (Å²) in [4.78, 5) is 27.6. The Hall–Kier alpha value is -2.59. The quantitative estimate of drug-likeness (QED) is 0.576. The standard InChI is InChI=1S/C19H21N5O3S2/c1-12(18(26)23-7-4-15-13(11-23)6-10-28-15)29-19-22-21-17(14-3-2-9-27-14)24(19)8-5-16(20)25/h2-3,6,9-10,12H,4-5,7-8,11H2,1H3,(H2,20,25). The Kier molecular flexibility index (Phi) is 5.72. The van der Waals surface area contributed by atoms with Crippen LogP contribution in [0.2, 0.25) is 0 Å². The highest BCUT2D eigenvalue weighted by Crippen LogP contribution is 2.30. The number of thiophene rings is 1. The number of thioether (sulfide) groups is 1. The molecule has 0 aromatic carbocycles. The van der Waals surface area contributed by atoms with Crippen molar-refractivity contribution in [2.75, 3.05) is 6.54 Å². The van der Waals surface area contributed by atoms with Gasteiger partial charge >= 0.3 is 0 Å². The zero-order valence-electron chi connectivity index (χ0n) is 15.9. The van der Waals surface area contributed by atoms with E-state index in [1.165, 1.54) is 22.2 Å². The van der Waals surface area contributed by atoms with Crippen LogP contribution in [0, 0.1) is 0 Å². The average molecular weight is 432 g/mol. The molecule has 0 fully saturated rings. The predicted molar refractivity (Wildman–Crippen MR) is 110 cm³/mol. The maximum absolute atomic E-state index is 13.0. The van der Waals surface area contributed by atoms with E-state index in [1.807, 2.05) is 11.8 Å². The summed E-state index contributed by atoms with van der Waals surface area (Å²) in [7, 11) is 0. The van der Waals surface area contributed by atoms with Gasteiger partial charge in [0.2, 0.25) is 11.8 Å². The van der Waals surface area contributed by atoms with E-state index in [0.717, 1.165) is 13.0 Å². The molecule has 29 heavy (non-hydrogen) atoms. The fourth-order valence-corrected chi connectivity index (χ4v) is 5.14. The second-order valence-corrected chi connectivity index (χ2v) is 9.10. The van der Waals surface area contributed by atoms with Crippen molar-refractivity contribution >= 4 is 34.9 Å². The SMILES string of the molecule is CC(Sc1nnc(-c2ccco2)n1CCC(N)=O)C(=O)N1CCc2sccc2C1. The normalized spacial score (nSPS) is 14.6. The van der Waals surface area contributed by atoms with Crippen LogP contribution in [0.1, 0.15) is 23.8 Å². The van der Waals surface area contributed by atoms with Crippen molar-refractivity contribution in [2.24, 2.45) is 5.73 Å². The van der Waals surface area contributed by atoms with Gasteiger partial charge in [0.05, 0.1) is 11.5 Å². The van der Waals surface area contributed by atoms with Crippen LogP contribution in [0.25, 0.3) is 11.6 Å². The van der Waals surface area contributed by atoms with Crippen molar-refractivity contribution in [3.63, 3.8) is 0 Å². The van der Waals surface area contributed by atoms with Crippen molar-refractivity contribution in [1.29, 1.82) is 0 Å². The van der Waals surface area contributed by atoms with Crippen LogP contribution < -0.4 is 5.73 Å². The van der Waals surface area contributed by atoms with E-state index in [1.54, 1.807) is 34.3 Å².